The van der Waals surface area contributed by atoms with Crippen LogP contribution in [-0.2, 0) is 6.42 Å². The normalized spacial score (nSPS) is 12.1. The highest BCUT2D eigenvalue weighted by atomic mass is 32.1. The quantitative estimate of drug-likeness (QED) is 0.179. The molecule has 0 unspecified atom stereocenters. The van der Waals surface area contributed by atoms with Gasteiger partial charge in [0.2, 0.25) is 5.89 Å². The number of hydrogen-bond acceptors (Lipinski definition) is 6. The predicted octanol–water partition coefficient (Wildman–Crippen LogP) is 12.3. The Bertz CT molecular complexity index is 3020. The van der Waals surface area contributed by atoms with Crippen molar-refractivity contribution < 1.29 is 4.42 Å². The van der Waals surface area contributed by atoms with Gasteiger partial charge in [0.15, 0.2) is 23.1 Å². The summed E-state index contributed by atoms with van der Waals surface area (Å²) < 4.78 is 8.51. The van der Waals surface area contributed by atoms with E-state index in [-0.39, 0.29) is 0 Å². The molecule has 248 valence electrons. The van der Waals surface area contributed by atoms with Crippen molar-refractivity contribution in [3.63, 3.8) is 0 Å². The number of fused-ring (bicyclic) bond motifs is 7. The molecule has 53 heavy (non-hydrogen) atoms. The second-order valence-electron chi connectivity index (χ2n) is 13.4. The largest absolute Gasteiger partial charge is 0.436 e. The van der Waals surface area contributed by atoms with Gasteiger partial charge in [-0.05, 0) is 88.3 Å². The van der Waals surface area contributed by atoms with Crippen LogP contribution in [0.2, 0.25) is 0 Å². The number of aromatic nitrogens is 4. The zero-order valence-electron chi connectivity index (χ0n) is 28.3. The van der Waals surface area contributed by atoms with E-state index >= 15 is 0 Å². The number of oxazole rings is 1. The third kappa shape index (κ3) is 5.06. The van der Waals surface area contributed by atoms with Crippen LogP contribution in [-0.4, -0.2) is 19.9 Å². The van der Waals surface area contributed by atoms with E-state index in [0.717, 1.165) is 56.3 Å². The molecule has 10 aromatic rings. The van der Waals surface area contributed by atoms with Crippen LogP contribution < -0.4 is 0 Å². The highest BCUT2D eigenvalue weighted by Crippen LogP contribution is 2.43. The van der Waals surface area contributed by atoms with Gasteiger partial charge >= 0.3 is 0 Å². The summed E-state index contributed by atoms with van der Waals surface area (Å²) in [5.74, 6) is 2.59. The Balaban J connectivity index is 1.07. The van der Waals surface area contributed by atoms with Gasteiger partial charge in [-0.2, -0.15) is 0 Å². The number of benzene rings is 7. The number of hydrogen-bond donors (Lipinski definition) is 0. The van der Waals surface area contributed by atoms with Crippen LogP contribution in [0.25, 0.3) is 99.1 Å². The Hall–Kier alpha value is -6.76. The molecule has 0 aliphatic heterocycles. The van der Waals surface area contributed by atoms with Crippen LogP contribution in [0.3, 0.4) is 0 Å². The molecular formula is C47H28N4OS. The summed E-state index contributed by atoms with van der Waals surface area (Å²) in [6, 6.07) is 54.9. The number of rotatable bonds is 5. The van der Waals surface area contributed by atoms with Gasteiger partial charge in [0.05, 0.1) is 0 Å². The monoisotopic (exact) mass is 696 g/mol. The fourth-order valence-corrected chi connectivity index (χ4v) is 8.74. The predicted molar refractivity (Wildman–Crippen MR) is 216 cm³/mol. The van der Waals surface area contributed by atoms with Crippen molar-refractivity contribution >= 4 is 42.6 Å². The average molecular weight is 697 g/mol. The lowest BCUT2D eigenvalue weighted by Gasteiger charge is -2.11. The van der Waals surface area contributed by atoms with Crippen LogP contribution in [0.5, 0.6) is 0 Å². The first-order chi connectivity index (χ1) is 26.2. The molecule has 0 amide bonds. The standard InChI is InChI=1S/C47H28N4OS/c1-2-10-28(11-3-1)44-49-45(33-21-20-32-25-31-12-4-5-15-35(31)37(32)27-33)51-46(50-44)36-16-9-19-42-43(36)38-26-30(22-23-41(38)53-42)29-13-8-14-34(24-29)47-48-39-17-6-7-18-40(39)52-47/h1-24,26-27H,25H2. The molecule has 0 radical (unpaired) electrons. The van der Waals surface area contributed by atoms with Crippen molar-refractivity contribution in [1.29, 1.82) is 0 Å². The van der Waals surface area contributed by atoms with E-state index in [9.17, 15) is 0 Å². The third-order valence-electron chi connectivity index (χ3n) is 10.2. The molecule has 0 saturated carbocycles. The second kappa shape index (κ2) is 11.9. The van der Waals surface area contributed by atoms with Crippen LogP contribution in [0.4, 0.5) is 0 Å². The maximum Gasteiger partial charge on any atom is 0.227 e. The first-order valence-electron chi connectivity index (χ1n) is 17.7. The molecule has 0 spiro atoms. The molecule has 6 heteroatoms. The second-order valence-corrected chi connectivity index (χ2v) is 14.5. The topological polar surface area (TPSA) is 64.7 Å². The zero-order valence-corrected chi connectivity index (χ0v) is 29.1. The van der Waals surface area contributed by atoms with Crippen molar-refractivity contribution in [3.05, 3.63) is 169 Å². The Morgan fingerprint density at radius 2 is 1.13 bits per heavy atom. The van der Waals surface area contributed by atoms with Crippen molar-refractivity contribution in [3.8, 4) is 67.9 Å². The summed E-state index contributed by atoms with van der Waals surface area (Å²) in [5, 5.41) is 2.31. The van der Waals surface area contributed by atoms with Gasteiger partial charge in [0, 0.05) is 42.4 Å². The Morgan fingerprint density at radius 1 is 0.434 bits per heavy atom. The van der Waals surface area contributed by atoms with Crippen LogP contribution in [0, 0.1) is 0 Å². The molecule has 0 atom stereocenters. The van der Waals surface area contributed by atoms with E-state index in [4.69, 9.17) is 24.4 Å². The van der Waals surface area contributed by atoms with Gasteiger partial charge < -0.3 is 4.42 Å². The summed E-state index contributed by atoms with van der Waals surface area (Å²) >= 11 is 1.79. The van der Waals surface area contributed by atoms with E-state index in [2.05, 4.69) is 109 Å². The molecule has 0 fully saturated rings. The first kappa shape index (κ1) is 29.9. The lowest BCUT2D eigenvalue weighted by Crippen LogP contribution is -2.00. The van der Waals surface area contributed by atoms with E-state index in [1.165, 1.54) is 37.0 Å². The Labute approximate surface area is 308 Å². The smallest absolute Gasteiger partial charge is 0.227 e. The lowest BCUT2D eigenvalue weighted by molar-refractivity contribution is 0.620. The molecule has 11 rings (SSSR count). The highest BCUT2D eigenvalue weighted by Gasteiger charge is 2.21. The van der Waals surface area contributed by atoms with E-state index < -0.39 is 0 Å². The van der Waals surface area contributed by atoms with E-state index in [0.29, 0.717) is 23.4 Å². The third-order valence-corrected chi connectivity index (χ3v) is 11.3. The van der Waals surface area contributed by atoms with Gasteiger partial charge in [0.25, 0.3) is 0 Å². The Morgan fingerprint density at radius 3 is 2.06 bits per heavy atom. The fraction of sp³-hybridized carbons (Fsp3) is 0.0213. The highest BCUT2D eigenvalue weighted by molar-refractivity contribution is 7.26. The fourth-order valence-electron chi connectivity index (χ4n) is 7.62. The minimum atomic E-state index is 0.616. The van der Waals surface area contributed by atoms with Crippen molar-refractivity contribution in [2.45, 2.75) is 6.42 Å². The molecule has 3 aromatic heterocycles. The van der Waals surface area contributed by atoms with Crippen LogP contribution in [0.1, 0.15) is 11.1 Å². The maximum absolute atomic E-state index is 6.12. The van der Waals surface area contributed by atoms with Gasteiger partial charge in [0.1, 0.15) is 5.52 Å². The van der Waals surface area contributed by atoms with Crippen molar-refractivity contribution in [2.24, 2.45) is 0 Å². The van der Waals surface area contributed by atoms with Gasteiger partial charge in [-0.25, -0.2) is 19.9 Å². The van der Waals surface area contributed by atoms with Crippen molar-refractivity contribution in [1.82, 2.24) is 19.9 Å². The summed E-state index contributed by atoms with van der Waals surface area (Å²) in [5.41, 5.74) is 12.9. The summed E-state index contributed by atoms with van der Waals surface area (Å²) in [7, 11) is 0. The average Bonchev–Trinajstić information content (AvgIpc) is 3.94. The molecule has 0 N–H and O–H groups in total. The lowest BCUT2D eigenvalue weighted by atomic mass is 9.99. The number of thiophene rings is 1. The van der Waals surface area contributed by atoms with E-state index in [1.54, 1.807) is 11.3 Å². The SMILES string of the molecule is c1ccc(-c2nc(-c3ccc4c(c3)-c3ccccc3C4)nc(-c3cccc4sc5ccc(-c6cccc(-c7nc8ccccc8o7)c6)cc5c34)n2)cc1. The molecule has 5 nitrogen and oxygen atoms in total. The first-order valence-corrected chi connectivity index (χ1v) is 18.5. The maximum atomic E-state index is 6.12. The zero-order chi connectivity index (χ0) is 34.9. The van der Waals surface area contributed by atoms with Crippen LogP contribution >= 0.6 is 11.3 Å². The Kier molecular flexibility index (Phi) is 6.72. The molecular weight excluding hydrogens is 669 g/mol. The minimum absolute atomic E-state index is 0.616. The molecule has 1 aliphatic rings. The molecule has 0 bridgehead atoms. The molecule has 0 saturated heterocycles. The summed E-state index contributed by atoms with van der Waals surface area (Å²) in [6.07, 6.45) is 0.944. The van der Waals surface area contributed by atoms with E-state index in [1.807, 2.05) is 48.5 Å². The minimum Gasteiger partial charge on any atom is -0.436 e. The molecule has 7 aromatic carbocycles. The molecule has 1 aliphatic carbocycles. The van der Waals surface area contributed by atoms with Gasteiger partial charge in [-0.3, -0.25) is 0 Å². The molecule has 3 heterocycles. The summed E-state index contributed by atoms with van der Waals surface area (Å²) in [6.45, 7) is 0. The summed E-state index contributed by atoms with van der Waals surface area (Å²) in [4.78, 5) is 20.2. The number of nitrogens with zero attached hydrogens (tertiary/aromatic N) is 4. The number of para-hydroxylation sites is 2. The van der Waals surface area contributed by atoms with Crippen molar-refractivity contribution in [2.75, 3.05) is 0 Å². The van der Waals surface area contributed by atoms with Gasteiger partial charge in [-0.15, -0.1) is 11.3 Å². The van der Waals surface area contributed by atoms with Gasteiger partial charge in [-0.1, -0.05) is 109 Å². The van der Waals surface area contributed by atoms with Crippen LogP contribution in [0.15, 0.2) is 162 Å².